The molecule has 2 heterocycles. The zero-order valence-corrected chi connectivity index (χ0v) is 21.3. The van der Waals surface area contributed by atoms with Crippen molar-refractivity contribution < 1.29 is 9.59 Å². The van der Waals surface area contributed by atoms with Crippen LogP contribution in [0.25, 0.3) is 0 Å². The topological polar surface area (TPSA) is 43.9 Å². The second kappa shape index (κ2) is 9.49. The molecule has 2 aliphatic carbocycles. The smallest absolute Gasteiger partial charge is 0.255 e. The Kier molecular flexibility index (Phi) is 6.58. The zero-order chi connectivity index (χ0) is 24.0. The molecule has 4 aliphatic rings. The minimum atomic E-state index is -0.372. The van der Waals surface area contributed by atoms with Crippen LogP contribution in [-0.4, -0.2) is 58.7 Å². The Hall–Kier alpha value is -2.14. The van der Waals surface area contributed by atoms with Crippen LogP contribution in [-0.2, 0) is 17.8 Å². The molecule has 3 unspecified atom stereocenters. The van der Waals surface area contributed by atoms with Gasteiger partial charge in [-0.25, -0.2) is 0 Å². The maximum Gasteiger partial charge on any atom is 0.255 e. The number of piperidine rings is 1. The standard InChI is InChI=1S/C29H41N3O2/c1-19-9-14-27(29(34)31(19)4)32-18-24-17-22(12-13-25(24)28(32)33)16-23-7-5-6-8-26(23)30(3)20(2)15-21-10-11-21/h12-13,17,20-21,23,26-27H,1,5-11,14-16,18H2,2-4H3/t20?,23-,26?,27?/m1/s1. The van der Waals surface area contributed by atoms with E-state index in [2.05, 4.69) is 37.6 Å². The second-order valence-electron chi connectivity index (χ2n) is 11.5. The molecule has 4 atom stereocenters. The number of likely N-dealkylation sites (tertiary alicyclic amines) is 1. The van der Waals surface area contributed by atoms with Gasteiger partial charge in [-0.3, -0.25) is 9.59 Å². The molecule has 1 aromatic carbocycles. The number of likely N-dealkylation sites (N-methyl/N-ethyl adjacent to an activating group) is 1. The van der Waals surface area contributed by atoms with Crippen LogP contribution < -0.4 is 0 Å². The lowest BCUT2D eigenvalue weighted by molar-refractivity contribution is -0.135. The van der Waals surface area contributed by atoms with Crippen molar-refractivity contribution >= 4 is 11.8 Å². The van der Waals surface area contributed by atoms with Crippen LogP contribution in [0.15, 0.2) is 30.5 Å². The van der Waals surface area contributed by atoms with Crippen molar-refractivity contribution in [3.05, 3.63) is 47.2 Å². The molecule has 1 saturated heterocycles. The fourth-order valence-corrected chi connectivity index (χ4v) is 6.63. The third kappa shape index (κ3) is 4.56. The van der Waals surface area contributed by atoms with Gasteiger partial charge in [-0.1, -0.05) is 44.4 Å². The summed E-state index contributed by atoms with van der Waals surface area (Å²) in [6.45, 7) is 6.94. The second-order valence-corrected chi connectivity index (χ2v) is 11.5. The van der Waals surface area contributed by atoms with Gasteiger partial charge in [0.15, 0.2) is 0 Å². The lowest BCUT2D eigenvalue weighted by atomic mass is 9.79. The Labute approximate surface area is 205 Å². The lowest BCUT2D eigenvalue weighted by Crippen LogP contribution is -2.50. The Morgan fingerprint density at radius 1 is 1.12 bits per heavy atom. The first-order valence-corrected chi connectivity index (χ1v) is 13.4. The predicted molar refractivity (Wildman–Crippen MR) is 135 cm³/mol. The third-order valence-corrected chi connectivity index (χ3v) is 9.13. The van der Waals surface area contributed by atoms with Gasteiger partial charge in [-0.15, -0.1) is 0 Å². The minimum Gasteiger partial charge on any atom is -0.322 e. The quantitative estimate of drug-likeness (QED) is 0.572. The van der Waals surface area contributed by atoms with Crippen molar-refractivity contribution in [3.8, 4) is 0 Å². The zero-order valence-electron chi connectivity index (χ0n) is 21.3. The van der Waals surface area contributed by atoms with E-state index in [0.717, 1.165) is 35.6 Å². The van der Waals surface area contributed by atoms with Gasteiger partial charge >= 0.3 is 0 Å². The number of nitrogens with zero attached hydrogens (tertiary/aromatic N) is 3. The van der Waals surface area contributed by atoms with Gasteiger partial charge in [-0.2, -0.15) is 0 Å². The monoisotopic (exact) mass is 463 g/mol. The van der Waals surface area contributed by atoms with Gasteiger partial charge in [0.05, 0.1) is 0 Å². The van der Waals surface area contributed by atoms with Gasteiger partial charge in [0.2, 0.25) is 5.91 Å². The highest BCUT2D eigenvalue weighted by Gasteiger charge is 2.40. The first-order valence-electron chi connectivity index (χ1n) is 13.4. The van der Waals surface area contributed by atoms with Gasteiger partial charge in [0, 0.05) is 36.9 Å². The molecule has 3 fully saturated rings. The summed E-state index contributed by atoms with van der Waals surface area (Å²) in [5, 5.41) is 0. The molecule has 2 aliphatic heterocycles. The molecule has 0 N–H and O–H groups in total. The highest BCUT2D eigenvalue weighted by Crippen LogP contribution is 2.38. The molecule has 34 heavy (non-hydrogen) atoms. The van der Waals surface area contributed by atoms with E-state index in [9.17, 15) is 9.59 Å². The molecular weight excluding hydrogens is 422 g/mol. The minimum absolute atomic E-state index is 0.00462. The summed E-state index contributed by atoms with van der Waals surface area (Å²) in [7, 11) is 4.12. The Morgan fingerprint density at radius 3 is 2.65 bits per heavy atom. The fourth-order valence-electron chi connectivity index (χ4n) is 6.63. The van der Waals surface area contributed by atoms with Gasteiger partial charge in [0.25, 0.3) is 5.91 Å². The third-order valence-electron chi connectivity index (χ3n) is 9.13. The largest absolute Gasteiger partial charge is 0.322 e. The van der Waals surface area contributed by atoms with E-state index in [1.54, 1.807) is 16.8 Å². The van der Waals surface area contributed by atoms with E-state index >= 15 is 0 Å². The number of carbonyl (C=O) groups excluding carboxylic acids is 2. The number of benzene rings is 1. The van der Waals surface area contributed by atoms with Gasteiger partial charge in [0.1, 0.15) is 6.04 Å². The molecule has 0 bridgehead atoms. The maximum absolute atomic E-state index is 13.2. The molecule has 1 aromatic rings. The molecule has 0 radical (unpaired) electrons. The number of hydrogen-bond acceptors (Lipinski definition) is 3. The van der Waals surface area contributed by atoms with Crippen molar-refractivity contribution in [2.75, 3.05) is 14.1 Å². The summed E-state index contributed by atoms with van der Waals surface area (Å²) in [5.74, 6) is 1.63. The molecule has 5 heteroatoms. The van der Waals surface area contributed by atoms with E-state index < -0.39 is 0 Å². The van der Waals surface area contributed by atoms with E-state index in [4.69, 9.17) is 0 Å². The molecule has 5 rings (SSSR count). The summed E-state index contributed by atoms with van der Waals surface area (Å²) >= 11 is 0. The van der Waals surface area contributed by atoms with Crippen molar-refractivity contribution in [3.63, 3.8) is 0 Å². The molecule has 2 saturated carbocycles. The normalized spacial score (nSPS) is 28.6. The van der Waals surface area contributed by atoms with Crippen LogP contribution in [0.3, 0.4) is 0 Å². The number of allylic oxidation sites excluding steroid dienone is 1. The SMILES string of the molecule is C=C1CCC(N2Cc3cc(C[C@H]4CCCCC4N(C)C(C)CC4CC4)ccc3C2=O)C(=O)N1C. The van der Waals surface area contributed by atoms with E-state index in [1.807, 2.05) is 6.07 Å². The van der Waals surface area contributed by atoms with Crippen LogP contribution in [0, 0.1) is 11.8 Å². The van der Waals surface area contributed by atoms with Crippen LogP contribution in [0.1, 0.15) is 86.2 Å². The molecule has 2 amide bonds. The van der Waals surface area contributed by atoms with Gasteiger partial charge in [-0.05, 0) is 81.5 Å². The Balaban J connectivity index is 1.28. The molecule has 0 aromatic heterocycles. The van der Waals surface area contributed by atoms with Crippen molar-refractivity contribution in [2.45, 2.75) is 95.8 Å². The maximum atomic E-state index is 13.2. The summed E-state index contributed by atoms with van der Waals surface area (Å²) in [5.41, 5.74) is 4.05. The molecule has 0 spiro atoms. The van der Waals surface area contributed by atoms with Crippen molar-refractivity contribution in [2.24, 2.45) is 11.8 Å². The molecule has 184 valence electrons. The average Bonchev–Trinajstić information content (AvgIpc) is 3.59. The van der Waals surface area contributed by atoms with Crippen LogP contribution in [0.2, 0.25) is 0 Å². The lowest BCUT2D eigenvalue weighted by Gasteiger charge is -2.41. The average molecular weight is 464 g/mol. The Bertz CT molecular complexity index is 968. The highest BCUT2D eigenvalue weighted by atomic mass is 16.2. The number of rotatable bonds is 7. The summed E-state index contributed by atoms with van der Waals surface area (Å²) in [6, 6.07) is 7.37. The summed E-state index contributed by atoms with van der Waals surface area (Å²) in [4.78, 5) is 32.1. The summed E-state index contributed by atoms with van der Waals surface area (Å²) < 4.78 is 0. The van der Waals surface area contributed by atoms with Crippen LogP contribution >= 0.6 is 0 Å². The van der Waals surface area contributed by atoms with E-state index in [0.29, 0.717) is 31.0 Å². The van der Waals surface area contributed by atoms with Crippen LogP contribution in [0.5, 0.6) is 0 Å². The van der Waals surface area contributed by atoms with Crippen molar-refractivity contribution in [1.29, 1.82) is 0 Å². The summed E-state index contributed by atoms with van der Waals surface area (Å²) in [6.07, 6.45) is 12.0. The first-order chi connectivity index (χ1) is 16.3. The Morgan fingerprint density at radius 2 is 1.88 bits per heavy atom. The van der Waals surface area contributed by atoms with Crippen molar-refractivity contribution in [1.82, 2.24) is 14.7 Å². The molecular formula is C29H41N3O2. The van der Waals surface area contributed by atoms with E-state index in [-0.39, 0.29) is 17.9 Å². The first kappa shape index (κ1) is 23.6. The number of carbonyl (C=O) groups is 2. The van der Waals surface area contributed by atoms with E-state index in [1.165, 1.54) is 50.5 Å². The fraction of sp³-hybridized carbons (Fsp3) is 0.655. The number of hydrogen-bond donors (Lipinski definition) is 0. The number of fused-ring (bicyclic) bond motifs is 1. The predicted octanol–water partition coefficient (Wildman–Crippen LogP) is 5.00. The van der Waals surface area contributed by atoms with Crippen LogP contribution in [0.4, 0.5) is 0 Å². The number of amides is 2. The van der Waals surface area contributed by atoms with Gasteiger partial charge < -0.3 is 14.7 Å². The molecule has 5 nitrogen and oxygen atoms in total. The highest BCUT2D eigenvalue weighted by molar-refractivity contribution is 6.01.